The van der Waals surface area contributed by atoms with E-state index >= 15 is 0 Å². The van der Waals surface area contributed by atoms with Crippen LogP contribution in [0.2, 0.25) is 0 Å². The van der Waals surface area contributed by atoms with Crippen molar-refractivity contribution in [2.24, 2.45) is 5.73 Å². The second-order valence-corrected chi connectivity index (χ2v) is 4.73. The zero-order valence-electron chi connectivity index (χ0n) is 10.6. The molecule has 0 saturated heterocycles. The first kappa shape index (κ1) is 11.5. The van der Waals surface area contributed by atoms with Crippen molar-refractivity contribution < 1.29 is 4.42 Å². The highest BCUT2D eigenvalue weighted by atomic mass is 16.3. The monoisotopic (exact) mass is 246 g/mol. The lowest BCUT2D eigenvalue weighted by Gasteiger charge is -2.25. The minimum absolute atomic E-state index is 0.630. The van der Waals surface area contributed by atoms with E-state index < -0.39 is 0 Å². The molecule has 2 aromatic heterocycles. The largest absolute Gasteiger partial charge is 0.461 e. The van der Waals surface area contributed by atoms with Crippen LogP contribution in [-0.4, -0.2) is 34.6 Å². The van der Waals surface area contributed by atoms with Crippen molar-refractivity contribution in [3.8, 4) is 11.6 Å². The third-order valence-electron chi connectivity index (χ3n) is 3.40. The number of hydrogen-bond acceptors (Lipinski definition) is 4. The fraction of sp³-hybridized carbons (Fsp3) is 0.462. The van der Waals surface area contributed by atoms with Crippen LogP contribution >= 0.6 is 0 Å². The van der Waals surface area contributed by atoms with Crippen molar-refractivity contribution in [3.63, 3.8) is 0 Å². The number of rotatable bonds is 3. The van der Waals surface area contributed by atoms with E-state index in [-0.39, 0.29) is 0 Å². The summed E-state index contributed by atoms with van der Waals surface area (Å²) in [5.41, 5.74) is 8.06. The van der Waals surface area contributed by atoms with Gasteiger partial charge in [0, 0.05) is 26.1 Å². The highest BCUT2D eigenvalue weighted by molar-refractivity contribution is 5.50. The van der Waals surface area contributed by atoms with Gasteiger partial charge in [0.05, 0.1) is 17.7 Å². The second kappa shape index (κ2) is 4.59. The summed E-state index contributed by atoms with van der Waals surface area (Å²) in [5.74, 6) is 1.77. The number of imidazole rings is 1. The molecule has 0 atom stereocenters. The van der Waals surface area contributed by atoms with E-state index in [0.717, 1.165) is 43.3 Å². The Labute approximate surface area is 106 Å². The van der Waals surface area contributed by atoms with Gasteiger partial charge in [-0.1, -0.05) is 0 Å². The molecule has 2 aromatic rings. The average Bonchev–Trinajstić information content (AvgIpc) is 2.97. The molecular weight excluding hydrogens is 228 g/mol. The minimum Gasteiger partial charge on any atom is -0.461 e. The second-order valence-electron chi connectivity index (χ2n) is 4.73. The van der Waals surface area contributed by atoms with Gasteiger partial charge in [-0.2, -0.15) is 0 Å². The molecule has 1 aliphatic heterocycles. The number of furan rings is 1. The van der Waals surface area contributed by atoms with Crippen LogP contribution in [-0.2, 0) is 19.5 Å². The molecule has 5 nitrogen and oxygen atoms in total. The Hall–Kier alpha value is -1.59. The van der Waals surface area contributed by atoms with Crippen molar-refractivity contribution in [1.29, 1.82) is 0 Å². The predicted molar refractivity (Wildman–Crippen MR) is 69.0 cm³/mol. The molecular formula is C13H18N4O. The Balaban J connectivity index is 2.08. The van der Waals surface area contributed by atoms with Crippen LogP contribution in [0.1, 0.15) is 11.4 Å². The Morgan fingerprint density at radius 1 is 1.44 bits per heavy atom. The SMILES string of the molecule is CN1CCn2c(-c3ccco3)nc(CCN)c2C1. The van der Waals surface area contributed by atoms with Crippen molar-refractivity contribution in [2.45, 2.75) is 19.5 Å². The fourth-order valence-electron chi connectivity index (χ4n) is 2.49. The fourth-order valence-corrected chi connectivity index (χ4v) is 2.49. The molecule has 0 aromatic carbocycles. The lowest BCUT2D eigenvalue weighted by Crippen LogP contribution is -2.31. The smallest absolute Gasteiger partial charge is 0.176 e. The van der Waals surface area contributed by atoms with Crippen LogP contribution in [0, 0.1) is 0 Å². The van der Waals surface area contributed by atoms with Crippen LogP contribution in [0.3, 0.4) is 0 Å². The Bertz CT molecular complexity index is 529. The lowest BCUT2D eigenvalue weighted by molar-refractivity contribution is 0.269. The molecule has 0 unspecified atom stereocenters. The summed E-state index contributed by atoms with van der Waals surface area (Å²) in [7, 11) is 2.13. The minimum atomic E-state index is 0.630. The van der Waals surface area contributed by atoms with Crippen molar-refractivity contribution in [2.75, 3.05) is 20.1 Å². The molecule has 3 heterocycles. The first-order chi connectivity index (χ1) is 8.79. The zero-order valence-corrected chi connectivity index (χ0v) is 10.6. The molecule has 0 spiro atoms. The lowest BCUT2D eigenvalue weighted by atomic mass is 10.2. The van der Waals surface area contributed by atoms with E-state index in [0.29, 0.717) is 6.54 Å². The van der Waals surface area contributed by atoms with E-state index in [1.54, 1.807) is 6.26 Å². The van der Waals surface area contributed by atoms with Crippen molar-refractivity contribution in [3.05, 3.63) is 29.8 Å². The van der Waals surface area contributed by atoms with E-state index in [2.05, 4.69) is 16.5 Å². The first-order valence-electron chi connectivity index (χ1n) is 6.30. The highest BCUT2D eigenvalue weighted by Gasteiger charge is 2.23. The Morgan fingerprint density at radius 2 is 2.33 bits per heavy atom. The molecule has 0 aliphatic carbocycles. The van der Waals surface area contributed by atoms with E-state index in [1.165, 1.54) is 5.69 Å². The van der Waals surface area contributed by atoms with E-state index in [4.69, 9.17) is 15.1 Å². The molecule has 3 rings (SSSR count). The van der Waals surface area contributed by atoms with Crippen LogP contribution < -0.4 is 5.73 Å². The number of likely N-dealkylation sites (N-methyl/N-ethyl adjacent to an activating group) is 1. The normalized spacial score (nSPS) is 15.9. The van der Waals surface area contributed by atoms with Crippen LogP contribution in [0.4, 0.5) is 0 Å². The molecule has 0 bridgehead atoms. The number of fused-ring (bicyclic) bond motifs is 1. The molecule has 5 heteroatoms. The molecule has 0 saturated carbocycles. The number of hydrogen-bond donors (Lipinski definition) is 1. The first-order valence-corrected chi connectivity index (χ1v) is 6.30. The third kappa shape index (κ3) is 1.85. The van der Waals surface area contributed by atoms with Gasteiger partial charge >= 0.3 is 0 Å². The number of aromatic nitrogens is 2. The average molecular weight is 246 g/mol. The van der Waals surface area contributed by atoms with Gasteiger partial charge in [0.1, 0.15) is 0 Å². The van der Waals surface area contributed by atoms with Crippen molar-refractivity contribution in [1.82, 2.24) is 14.5 Å². The van der Waals surface area contributed by atoms with Crippen LogP contribution in [0.25, 0.3) is 11.6 Å². The molecule has 1 aliphatic rings. The summed E-state index contributed by atoms with van der Waals surface area (Å²) in [6.45, 7) is 3.56. The Morgan fingerprint density at radius 3 is 3.06 bits per heavy atom. The molecule has 0 fully saturated rings. The summed E-state index contributed by atoms with van der Waals surface area (Å²) in [4.78, 5) is 7.03. The zero-order chi connectivity index (χ0) is 12.5. The summed E-state index contributed by atoms with van der Waals surface area (Å²) in [6, 6.07) is 3.86. The highest BCUT2D eigenvalue weighted by Crippen LogP contribution is 2.26. The topological polar surface area (TPSA) is 60.2 Å². The number of nitrogens with two attached hydrogens (primary N) is 1. The summed E-state index contributed by atoms with van der Waals surface area (Å²) >= 11 is 0. The van der Waals surface area contributed by atoms with Gasteiger partial charge < -0.3 is 14.7 Å². The molecule has 2 N–H and O–H groups in total. The van der Waals surface area contributed by atoms with Gasteiger partial charge in [-0.05, 0) is 25.7 Å². The van der Waals surface area contributed by atoms with Gasteiger partial charge in [-0.25, -0.2) is 4.98 Å². The third-order valence-corrected chi connectivity index (χ3v) is 3.40. The van der Waals surface area contributed by atoms with Gasteiger partial charge in [0.25, 0.3) is 0 Å². The predicted octanol–water partition coefficient (Wildman–Crippen LogP) is 1.09. The molecule has 96 valence electrons. The van der Waals surface area contributed by atoms with Crippen LogP contribution in [0.15, 0.2) is 22.8 Å². The van der Waals surface area contributed by atoms with Gasteiger partial charge in [-0.3, -0.25) is 4.90 Å². The maximum Gasteiger partial charge on any atom is 0.176 e. The number of nitrogens with zero attached hydrogens (tertiary/aromatic N) is 3. The summed E-state index contributed by atoms with van der Waals surface area (Å²) in [5, 5.41) is 0. The maximum absolute atomic E-state index is 5.67. The Kier molecular flexibility index (Phi) is 2.93. The van der Waals surface area contributed by atoms with Crippen LogP contribution in [0.5, 0.6) is 0 Å². The van der Waals surface area contributed by atoms with E-state index in [1.807, 2.05) is 12.1 Å². The molecule has 18 heavy (non-hydrogen) atoms. The maximum atomic E-state index is 5.67. The standard InChI is InChI=1S/C13H18N4O/c1-16-6-7-17-11(9-16)10(4-5-14)15-13(17)12-3-2-8-18-12/h2-3,8H,4-7,9,14H2,1H3. The van der Waals surface area contributed by atoms with E-state index in [9.17, 15) is 0 Å². The summed E-state index contributed by atoms with van der Waals surface area (Å²) in [6.07, 6.45) is 2.51. The van der Waals surface area contributed by atoms with Crippen molar-refractivity contribution >= 4 is 0 Å². The quantitative estimate of drug-likeness (QED) is 0.880. The molecule has 0 amide bonds. The molecule has 0 radical (unpaired) electrons. The van der Waals surface area contributed by atoms with Gasteiger partial charge in [0.15, 0.2) is 11.6 Å². The van der Waals surface area contributed by atoms with Gasteiger partial charge in [0.2, 0.25) is 0 Å². The van der Waals surface area contributed by atoms with Gasteiger partial charge in [-0.15, -0.1) is 0 Å². The summed E-state index contributed by atoms with van der Waals surface area (Å²) < 4.78 is 7.74.